The molecule has 0 unspecified atom stereocenters. The lowest BCUT2D eigenvalue weighted by Gasteiger charge is -2.08. The highest BCUT2D eigenvalue weighted by Crippen LogP contribution is 2.27. The quantitative estimate of drug-likeness (QED) is 0.733. The maximum Gasteiger partial charge on any atom is 0.390 e. The highest BCUT2D eigenvalue weighted by molar-refractivity contribution is 5.62. The summed E-state index contributed by atoms with van der Waals surface area (Å²) in [4.78, 5) is 7.18. The first kappa shape index (κ1) is 15.9. The Balaban J connectivity index is 2.00. The van der Waals surface area contributed by atoms with E-state index < -0.39 is 30.8 Å². The summed E-state index contributed by atoms with van der Waals surface area (Å²) in [6, 6.07) is 2.83. The average Bonchev–Trinajstić information content (AvgIpc) is 3.15. The SMILES string of the molecule is Oc1nc(-c2cc(-c3ccon3)n(CCC(F)(F)F)n2)ncc1F. The maximum absolute atomic E-state index is 13.0. The Bertz CT molecular complexity index is 845. The van der Waals surface area contributed by atoms with Crippen LogP contribution in [0.25, 0.3) is 22.9 Å². The summed E-state index contributed by atoms with van der Waals surface area (Å²) < 4.78 is 56.2. The summed E-state index contributed by atoms with van der Waals surface area (Å²) in [6.07, 6.45) is -3.47. The monoisotopic (exact) mass is 343 g/mol. The van der Waals surface area contributed by atoms with E-state index >= 15 is 0 Å². The molecule has 0 radical (unpaired) electrons. The van der Waals surface area contributed by atoms with Gasteiger partial charge in [0.1, 0.15) is 17.7 Å². The fraction of sp³-hybridized carbons (Fsp3) is 0.231. The van der Waals surface area contributed by atoms with E-state index in [9.17, 15) is 22.7 Å². The smallest absolute Gasteiger partial charge is 0.390 e. The van der Waals surface area contributed by atoms with Crippen LogP contribution in [0, 0.1) is 5.82 Å². The van der Waals surface area contributed by atoms with Crippen molar-refractivity contribution in [2.24, 2.45) is 0 Å². The van der Waals surface area contributed by atoms with Crippen molar-refractivity contribution in [1.29, 1.82) is 0 Å². The second kappa shape index (κ2) is 5.91. The minimum atomic E-state index is -4.36. The second-order valence-corrected chi connectivity index (χ2v) is 4.75. The summed E-state index contributed by atoms with van der Waals surface area (Å²) in [5.74, 6) is -2.04. The molecule has 3 aromatic heterocycles. The van der Waals surface area contributed by atoms with Gasteiger partial charge >= 0.3 is 6.18 Å². The molecule has 126 valence electrons. The summed E-state index contributed by atoms with van der Waals surface area (Å²) in [6.45, 7) is -0.459. The number of nitrogens with zero attached hydrogens (tertiary/aromatic N) is 5. The zero-order chi connectivity index (χ0) is 17.3. The number of rotatable bonds is 4. The van der Waals surface area contributed by atoms with Crippen LogP contribution in [-0.4, -0.2) is 36.2 Å². The Hall–Kier alpha value is -2.98. The molecule has 0 aliphatic rings. The topological polar surface area (TPSA) is 89.9 Å². The van der Waals surface area contributed by atoms with Crippen molar-refractivity contribution in [1.82, 2.24) is 24.9 Å². The molecular formula is C13H9F4N5O2. The Morgan fingerprint density at radius 3 is 2.67 bits per heavy atom. The number of halogens is 4. The molecule has 24 heavy (non-hydrogen) atoms. The molecule has 0 aliphatic carbocycles. The minimum absolute atomic E-state index is 0.0606. The van der Waals surface area contributed by atoms with Crippen molar-refractivity contribution in [2.45, 2.75) is 19.1 Å². The van der Waals surface area contributed by atoms with Crippen molar-refractivity contribution in [3.63, 3.8) is 0 Å². The molecule has 0 amide bonds. The largest absolute Gasteiger partial charge is 0.491 e. The number of aryl methyl sites for hydroxylation is 1. The van der Waals surface area contributed by atoms with E-state index in [0.717, 1.165) is 10.9 Å². The van der Waals surface area contributed by atoms with Crippen molar-refractivity contribution in [3.8, 4) is 28.8 Å². The van der Waals surface area contributed by atoms with Crippen LogP contribution in [0.15, 0.2) is 29.1 Å². The van der Waals surface area contributed by atoms with Crippen LogP contribution < -0.4 is 0 Å². The molecule has 0 atom stereocenters. The highest BCUT2D eigenvalue weighted by Gasteiger charge is 2.28. The van der Waals surface area contributed by atoms with Crippen LogP contribution >= 0.6 is 0 Å². The Morgan fingerprint density at radius 2 is 2.04 bits per heavy atom. The second-order valence-electron chi connectivity index (χ2n) is 4.75. The fourth-order valence-electron chi connectivity index (χ4n) is 1.96. The van der Waals surface area contributed by atoms with Gasteiger partial charge in [0.05, 0.1) is 24.9 Å². The molecular weight excluding hydrogens is 334 g/mol. The van der Waals surface area contributed by atoms with Crippen LogP contribution in [0.4, 0.5) is 17.6 Å². The molecule has 3 rings (SSSR count). The van der Waals surface area contributed by atoms with Crippen molar-refractivity contribution in [3.05, 3.63) is 30.4 Å². The van der Waals surface area contributed by atoms with Gasteiger partial charge in [-0.25, -0.2) is 4.98 Å². The maximum atomic E-state index is 13.0. The predicted octanol–water partition coefficient (Wildman–Crippen LogP) is 2.79. The zero-order valence-corrected chi connectivity index (χ0v) is 11.8. The Labute approximate surface area is 131 Å². The molecule has 0 saturated heterocycles. The number of aromatic nitrogens is 5. The number of hydrogen-bond acceptors (Lipinski definition) is 6. The lowest BCUT2D eigenvalue weighted by atomic mass is 10.2. The Morgan fingerprint density at radius 1 is 1.25 bits per heavy atom. The third kappa shape index (κ3) is 3.34. The van der Waals surface area contributed by atoms with Crippen LogP contribution in [0.1, 0.15) is 6.42 Å². The van der Waals surface area contributed by atoms with E-state index in [2.05, 4.69) is 24.7 Å². The van der Waals surface area contributed by atoms with Gasteiger partial charge < -0.3 is 9.63 Å². The molecule has 7 nitrogen and oxygen atoms in total. The van der Waals surface area contributed by atoms with Crippen molar-refractivity contribution >= 4 is 0 Å². The molecule has 0 aromatic carbocycles. The van der Waals surface area contributed by atoms with E-state index in [1.807, 2.05) is 0 Å². The van der Waals surface area contributed by atoms with Gasteiger partial charge in [0.15, 0.2) is 5.82 Å². The van der Waals surface area contributed by atoms with E-state index in [4.69, 9.17) is 0 Å². The highest BCUT2D eigenvalue weighted by atomic mass is 19.4. The lowest BCUT2D eigenvalue weighted by Crippen LogP contribution is -2.13. The third-order valence-electron chi connectivity index (χ3n) is 3.04. The molecule has 11 heteroatoms. The molecule has 0 aliphatic heterocycles. The number of aromatic hydroxyl groups is 1. The molecule has 1 N–H and O–H groups in total. The minimum Gasteiger partial charge on any atom is -0.491 e. The van der Waals surface area contributed by atoms with E-state index in [0.29, 0.717) is 0 Å². The molecule has 0 saturated carbocycles. The molecule has 3 heterocycles. The van der Waals surface area contributed by atoms with Crippen molar-refractivity contribution < 1.29 is 27.2 Å². The van der Waals surface area contributed by atoms with Crippen LogP contribution in [0.5, 0.6) is 5.88 Å². The molecule has 0 bridgehead atoms. The van der Waals surface area contributed by atoms with Gasteiger partial charge in [-0.05, 0) is 6.07 Å². The van der Waals surface area contributed by atoms with Crippen LogP contribution in [0.3, 0.4) is 0 Å². The van der Waals surface area contributed by atoms with Gasteiger partial charge in [-0.2, -0.15) is 27.6 Å². The summed E-state index contributed by atoms with van der Waals surface area (Å²) in [7, 11) is 0. The van der Waals surface area contributed by atoms with Gasteiger partial charge in [0.2, 0.25) is 5.82 Å². The number of alkyl halides is 3. The van der Waals surface area contributed by atoms with Crippen LogP contribution in [-0.2, 0) is 6.54 Å². The number of hydrogen-bond donors (Lipinski definition) is 1. The first-order valence-electron chi connectivity index (χ1n) is 6.61. The third-order valence-corrected chi connectivity index (χ3v) is 3.04. The van der Waals surface area contributed by atoms with Gasteiger partial charge in [-0.15, -0.1) is 0 Å². The summed E-state index contributed by atoms with van der Waals surface area (Å²) in [5, 5.41) is 16.9. The molecule has 0 spiro atoms. The van der Waals surface area contributed by atoms with Gasteiger partial charge in [-0.3, -0.25) is 4.68 Å². The normalized spacial score (nSPS) is 11.8. The van der Waals surface area contributed by atoms with Crippen molar-refractivity contribution in [2.75, 3.05) is 0 Å². The van der Waals surface area contributed by atoms with E-state index in [-0.39, 0.29) is 22.9 Å². The lowest BCUT2D eigenvalue weighted by molar-refractivity contribution is -0.137. The first-order chi connectivity index (χ1) is 11.3. The molecule has 0 fully saturated rings. The standard InChI is InChI=1S/C13H9F4N5O2/c14-7-6-18-11(19-12(7)23)9-5-10(8-1-4-24-21-8)22(20-9)3-2-13(15,16)17/h1,4-6H,2-3H2,(H,18,19,23). The fourth-order valence-corrected chi connectivity index (χ4v) is 1.96. The predicted molar refractivity (Wildman–Crippen MR) is 71.0 cm³/mol. The zero-order valence-electron chi connectivity index (χ0n) is 11.8. The molecule has 3 aromatic rings. The van der Waals surface area contributed by atoms with Gasteiger partial charge in [0.25, 0.3) is 5.88 Å². The summed E-state index contributed by atoms with van der Waals surface area (Å²) in [5.41, 5.74) is 0.572. The average molecular weight is 343 g/mol. The van der Waals surface area contributed by atoms with E-state index in [1.54, 1.807) is 0 Å². The van der Waals surface area contributed by atoms with E-state index in [1.165, 1.54) is 18.4 Å². The summed E-state index contributed by atoms with van der Waals surface area (Å²) >= 11 is 0. The van der Waals surface area contributed by atoms with Gasteiger partial charge in [-0.1, -0.05) is 5.16 Å². The first-order valence-corrected chi connectivity index (χ1v) is 6.61. The van der Waals surface area contributed by atoms with Crippen LogP contribution in [0.2, 0.25) is 0 Å². The Kier molecular flexibility index (Phi) is 3.91. The van der Waals surface area contributed by atoms with Gasteiger partial charge in [0, 0.05) is 6.07 Å².